The summed E-state index contributed by atoms with van der Waals surface area (Å²) >= 11 is 0. The van der Waals surface area contributed by atoms with Crippen LogP contribution in [0.15, 0.2) is 0 Å². The first kappa shape index (κ1) is 13.8. The molecule has 0 bridgehead atoms. The Morgan fingerprint density at radius 3 is 2.45 bits per heavy atom. The van der Waals surface area contributed by atoms with Crippen molar-refractivity contribution in [2.75, 3.05) is 26.4 Å². The third-order valence-corrected chi connectivity index (χ3v) is 3.93. The smallest absolute Gasteiger partial charge is 0.329 e. The van der Waals surface area contributed by atoms with Crippen molar-refractivity contribution in [2.45, 2.75) is 44.7 Å². The van der Waals surface area contributed by atoms with Gasteiger partial charge in [-0.3, -0.25) is 4.79 Å². The second-order valence-corrected chi connectivity index (χ2v) is 5.97. The van der Waals surface area contributed by atoms with Gasteiger partial charge in [-0.1, -0.05) is 0 Å². The minimum atomic E-state index is -0.850. The summed E-state index contributed by atoms with van der Waals surface area (Å²) in [4.78, 5) is 27.7. The number of hydrogen-bond donors (Lipinski definition) is 0. The van der Waals surface area contributed by atoms with E-state index in [1.807, 2.05) is 0 Å². The lowest BCUT2D eigenvalue weighted by Gasteiger charge is -2.26. The number of rotatable bonds is 6. The van der Waals surface area contributed by atoms with Gasteiger partial charge in [-0.15, -0.1) is 0 Å². The number of ether oxygens (including phenoxy) is 3. The highest BCUT2D eigenvalue weighted by atomic mass is 16.6. The number of urea groups is 1. The quantitative estimate of drug-likeness (QED) is 0.514. The molecule has 7 nitrogen and oxygen atoms in total. The summed E-state index contributed by atoms with van der Waals surface area (Å²) in [7, 11) is 0. The van der Waals surface area contributed by atoms with Gasteiger partial charge in [0, 0.05) is 0 Å². The molecule has 0 radical (unpaired) electrons. The highest BCUT2D eigenvalue weighted by Crippen LogP contribution is 2.31. The van der Waals surface area contributed by atoms with Crippen LogP contribution in [0.3, 0.4) is 0 Å². The molecule has 7 heteroatoms. The minimum Gasteiger partial charge on any atom is -0.371 e. The summed E-state index contributed by atoms with van der Waals surface area (Å²) in [5, 5.41) is 0. The van der Waals surface area contributed by atoms with Crippen molar-refractivity contribution in [2.24, 2.45) is 0 Å². The van der Waals surface area contributed by atoms with Crippen LogP contribution in [-0.4, -0.2) is 72.1 Å². The lowest BCUT2D eigenvalue weighted by Crippen LogP contribution is -2.46. The van der Waals surface area contributed by atoms with Gasteiger partial charge in [0.2, 0.25) is 0 Å². The van der Waals surface area contributed by atoms with E-state index in [1.54, 1.807) is 25.7 Å². The van der Waals surface area contributed by atoms with Crippen LogP contribution in [0.5, 0.6) is 0 Å². The largest absolute Gasteiger partial charge is 0.371 e. The second kappa shape index (κ2) is 4.68. The molecule has 0 aromatic rings. The van der Waals surface area contributed by atoms with Crippen LogP contribution in [0.25, 0.3) is 0 Å². The molecule has 3 fully saturated rings. The van der Waals surface area contributed by atoms with Gasteiger partial charge in [0.25, 0.3) is 5.91 Å². The molecule has 3 atom stereocenters. The van der Waals surface area contributed by atoms with E-state index in [-0.39, 0.29) is 24.1 Å². The molecule has 3 unspecified atom stereocenters. The average molecular weight is 284 g/mol. The molecule has 3 rings (SSSR count). The van der Waals surface area contributed by atoms with E-state index in [2.05, 4.69) is 0 Å². The number of imide groups is 1. The fourth-order valence-electron chi connectivity index (χ4n) is 2.36. The van der Waals surface area contributed by atoms with Gasteiger partial charge in [-0.25, -0.2) is 9.69 Å². The Labute approximate surface area is 117 Å². The molecular weight excluding hydrogens is 264 g/mol. The SMILES string of the molecule is CC(OCC1CO1)N1C(=O)N(CC2CO2)C(C)(C)C1=O. The van der Waals surface area contributed by atoms with Crippen molar-refractivity contribution in [1.29, 1.82) is 0 Å². The maximum absolute atomic E-state index is 12.5. The van der Waals surface area contributed by atoms with E-state index in [4.69, 9.17) is 14.2 Å². The van der Waals surface area contributed by atoms with Gasteiger partial charge in [0.15, 0.2) is 0 Å². The molecule has 0 saturated carbocycles. The van der Waals surface area contributed by atoms with Gasteiger partial charge in [0.1, 0.15) is 17.9 Å². The van der Waals surface area contributed by atoms with Crippen molar-refractivity contribution in [3.8, 4) is 0 Å². The van der Waals surface area contributed by atoms with Crippen molar-refractivity contribution >= 4 is 11.9 Å². The first-order chi connectivity index (χ1) is 9.41. The summed E-state index contributed by atoms with van der Waals surface area (Å²) in [6.45, 7) is 7.42. The molecule has 0 aliphatic carbocycles. The zero-order valence-corrected chi connectivity index (χ0v) is 12.0. The van der Waals surface area contributed by atoms with Crippen LogP contribution in [0, 0.1) is 0 Å². The Morgan fingerprint density at radius 2 is 1.90 bits per heavy atom. The number of epoxide rings is 2. The first-order valence-electron chi connectivity index (χ1n) is 6.91. The van der Waals surface area contributed by atoms with Crippen LogP contribution in [0.2, 0.25) is 0 Å². The van der Waals surface area contributed by atoms with Gasteiger partial charge >= 0.3 is 6.03 Å². The van der Waals surface area contributed by atoms with Crippen LogP contribution in [0.4, 0.5) is 4.79 Å². The van der Waals surface area contributed by atoms with Crippen LogP contribution >= 0.6 is 0 Å². The third kappa shape index (κ3) is 2.41. The highest BCUT2D eigenvalue weighted by Gasteiger charge is 2.54. The van der Waals surface area contributed by atoms with Gasteiger partial charge in [-0.2, -0.15) is 0 Å². The van der Waals surface area contributed by atoms with Crippen molar-refractivity contribution < 1.29 is 23.8 Å². The molecular formula is C13H20N2O5. The number of carbonyl (C=O) groups is 2. The molecule has 3 heterocycles. The normalized spacial score (nSPS) is 32.8. The van der Waals surface area contributed by atoms with E-state index < -0.39 is 11.8 Å². The van der Waals surface area contributed by atoms with E-state index in [0.717, 1.165) is 0 Å². The molecule has 0 aromatic heterocycles. The lowest BCUT2D eigenvalue weighted by molar-refractivity contribution is -0.140. The topological polar surface area (TPSA) is 74.9 Å². The van der Waals surface area contributed by atoms with E-state index in [1.165, 1.54) is 4.90 Å². The zero-order valence-electron chi connectivity index (χ0n) is 12.0. The summed E-state index contributed by atoms with van der Waals surface area (Å²) in [5.41, 5.74) is -0.850. The number of amides is 3. The monoisotopic (exact) mass is 284 g/mol. The maximum Gasteiger partial charge on any atom is 0.329 e. The predicted molar refractivity (Wildman–Crippen MR) is 67.9 cm³/mol. The number of hydrogen-bond acceptors (Lipinski definition) is 5. The van der Waals surface area contributed by atoms with Crippen molar-refractivity contribution in [3.05, 3.63) is 0 Å². The van der Waals surface area contributed by atoms with E-state index >= 15 is 0 Å². The predicted octanol–water partition coefficient (Wildman–Crippen LogP) is 0.189. The molecule has 112 valence electrons. The molecule has 3 aliphatic heterocycles. The molecule has 20 heavy (non-hydrogen) atoms. The number of carbonyl (C=O) groups excluding carboxylic acids is 2. The van der Waals surface area contributed by atoms with Crippen LogP contribution in [-0.2, 0) is 19.0 Å². The molecule has 3 saturated heterocycles. The molecule has 0 N–H and O–H groups in total. The highest BCUT2D eigenvalue weighted by molar-refractivity contribution is 6.06. The van der Waals surface area contributed by atoms with Gasteiger partial charge in [0.05, 0.1) is 32.5 Å². The average Bonchev–Trinajstić information content (AvgIpc) is 3.26. The van der Waals surface area contributed by atoms with E-state index in [0.29, 0.717) is 26.4 Å². The standard InChI is InChI=1S/C13H20N2O5/c1-8(18-6-10-7-20-10)15-11(16)13(2,3)14(12(15)17)4-9-5-19-9/h8-10H,4-7H2,1-3H3. The second-order valence-electron chi connectivity index (χ2n) is 5.97. The molecule has 3 aliphatic rings. The summed E-state index contributed by atoms with van der Waals surface area (Å²) in [5.74, 6) is -0.229. The zero-order chi connectivity index (χ0) is 14.5. The lowest BCUT2D eigenvalue weighted by atomic mass is 10.0. The van der Waals surface area contributed by atoms with Crippen molar-refractivity contribution in [1.82, 2.24) is 9.80 Å². The fraction of sp³-hybridized carbons (Fsp3) is 0.846. The Hall–Kier alpha value is -1.18. The van der Waals surface area contributed by atoms with Gasteiger partial charge in [-0.05, 0) is 20.8 Å². The summed E-state index contributed by atoms with van der Waals surface area (Å²) < 4.78 is 15.8. The molecule has 0 aromatic carbocycles. The Bertz CT molecular complexity index is 430. The summed E-state index contributed by atoms with van der Waals surface area (Å²) in [6.07, 6.45) is -0.417. The van der Waals surface area contributed by atoms with Gasteiger partial charge < -0.3 is 19.1 Å². The Morgan fingerprint density at radius 1 is 1.30 bits per heavy atom. The fourth-order valence-corrected chi connectivity index (χ4v) is 2.36. The first-order valence-corrected chi connectivity index (χ1v) is 6.91. The number of nitrogens with zero attached hydrogens (tertiary/aromatic N) is 2. The summed E-state index contributed by atoms with van der Waals surface area (Å²) in [6, 6.07) is -0.306. The third-order valence-electron chi connectivity index (χ3n) is 3.93. The van der Waals surface area contributed by atoms with E-state index in [9.17, 15) is 9.59 Å². The van der Waals surface area contributed by atoms with Crippen LogP contribution in [0.1, 0.15) is 20.8 Å². The molecule has 0 spiro atoms. The minimum absolute atomic E-state index is 0.0575. The maximum atomic E-state index is 12.5. The Balaban J connectivity index is 1.69. The Kier molecular flexibility index (Phi) is 3.23. The van der Waals surface area contributed by atoms with Crippen molar-refractivity contribution in [3.63, 3.8) is 0 Å². The molecule has 3 amide bonds. The van der Waals surface area contributed by atoms with Crippen LogP contribution < -0.4 is 0 Å².